The van der Waals surface area contributed by atoms with Crippen LogP contribution in [0.25, 0.3) is 0 Å². The van der Waals surface area contributed by atoms with E-state index in [-0.39, 0.29) is 24.1 Å². The fourth-order valence-electron chi connectivity index (χ4n) is 3.03. The molecule has 1 aromatic heterocycles. The summed E-state index contributed by atoms with van der Waals surface area (Å²) in [5.41, 5.74) is 0.756. The van der Waals surface area contributed by atoms with Crippen LogP contribution in [0.15, 0.2) is 18.2 Å². The van der Waals surface area contributed by atoms with Gasteiger partial charge >= 0.3 is 0 Å². The lowest BCUT2D eigenvalue weighted by Crippen LogP contribution is -2.36. The van der Waals surface area contributed by atoms with Crippen molar-refractivity contribution in [3.63, 3.8) is 0 Å². The van der Waals surface area contributed by atoms with Crippen LogP contribution in [0.4, 0.5) is 15.3 Å². The average molecular weight is 368 g/mol. The van der Waals surface area contributed by atoms with E-state index in [9.17, 15) is 9.18 Å². The number of halogens is 2. The van der Waals surface area contributed by atoms with Gasteiger partial charge in [-0.2, -0.15) is 0 Å². The van der Waals surface area contributed by atoms with E-state index >= 15 is 0 Å². The Morgan fingerprint density at radius 1 is 1.38 bits per heavy atom. The summed E-state index contributed by atoms with van der Waals surface area (Å²) >= 11 is 7.77. The minimum Gasteiger partial charge on any atom is -0.378 e. The van der Waals surface area contributed by atoms with E-state index in [4.69, 9.17) is 16.3 Å². The zero-order chi connectivity index (χ0) is 16.7. The summed E-state index contributed by atoms with van der Waals surface area (Å²) in [6.07, 6.45) is 0.281. The van der Waals surface area contributed by atoms with Crippen LogP contribution in [-0.2, 0) is 9.53 Å². The molecular formula is C16H15ClFN3O2S. The van der Waals surface area contributed by atoms with Crippen molar-refractivity contribution in [1.82, 2.24) is 4.98 Å². The Kier molecular flexibility index (Phi) is 4.15. The molecule has 0 aliphatic carbocycles. The molecule has 1 aromatic carbocycles. The Labute approximate surface area is 147 Å². The predicted octanol–water partition coefficient (Wildman–Crippen LogP) is 3.25. The number of rotatable bonds is 2. The van der Waals surface area contributed by atoms with E-state index in [0.717, 1.165) is 28.7 Å². The number of hydrogen-bond donors (Lipinski definition) is 1. The van der Waals surface area contributed by atoms with Crippen LogP contribution >= 0.6 is 22.9 Å². The number of amides is 1. The number of hydrogen-bond acceptors (Lipinski definition) is 5. The van der Waals surface area contributed by atoms with Crippen molar-refractivity contribution in [2.24, 2.45) is 0 Å². The number of morpholine rings is 1. The number of thiazole rings is 1. The summed E-state index contributed by atoms with van der Waals surface area (Å²) in [7, 11) is 0. The van der Waals surface area contributed by atoms with Gasteiger partial charge in [-0.25, -0.2) is 9.37 Å². The molecule has 2 aliphatic heterocycles. The maximum atomic E-state index is 13.3. The molecule has 1 amide bonds. The predicted molar refractivity (Wildman–Crippen MR) is 91.6 cm³/mol. The van der Waals surface area contributed by atoms with Gasteiger partial charge in [0.15, 0.2) is 5.13 Å². The number of fused-ring (bicyclic) bond motifs is 1. The van der Waals surface area contributed by atoms with Gasteiger partial charge in [0.2, 0.25) is 5.91 Å². The summed E-state index contributed by atoms with van der Waals surface area (Å²) in [4.78, 5) is 19.8. The van der Waals surface area contributed by atoms with E-state index in [0.29, 0.717) is 24.1 Å². The third-order valence-electron chi connectivity index (χ3n) is 4.23. The van der Waals surface area contributed by atoms with Gasteiger partial charge in [0.25, 0.3) is 0 Å². The van der Waals surface area contributed by atoms with E-state index in [1.54, 1.807) is 17.4 Å². The second-order valence-electron chi connectivity index (χ2n) is 5.78. The molecule has 1 fully saturated rings. The van der Waals surface area contributed by atoms with Crippen LogP contribution in [0, 0.1) is 5.82 Å². The van der Waals surface area contributed by atoms with Gasteiger partial charge in [-0.1, -0.05) is 29.0 Å². The van der Waals surface area contributed by atoms with E-state index in [1.807, 2.05) is 0 Å². The van der Waals surface area contributed by atoms with Gasteiger partial charge in [0.1, 0.15) is 11.6 Å². The number of nitrogens with zero attached hydrogens (tertiary/aromatic N) is 2. The molecule has 4 rings (SSSR count). The zero-order valence-electron chi connectivity index (χ0n) is 12.7. The van der Waals surface area contributed by atoms with Crippen LogP contribution in [0.2, 0.25) is 5.02 Å². The van der Waals surface area contributed by atoms with E-state index in [2.05, 4.69) is 15.2 Å². The molecule has 1 unspecified atom stereocenters. The van der Waals surface area contributed by atoms with Crippen molar-refractivity contribution in [3.05, 3.63) is 39.5 Å². The third-order valence-corrected chi connectivity index (χ3v) is 5.78. The third kappa shape index (κ3) is 2.87. The summed E-state index contributed by atoms with van der Waals surface area (Å²) in [5.74, 6) is -0.105. The first-order valence-electron chi connectivity index (χ1n) is 7.70. The SMILES string of the molecule is O=C1CC(c2ccc(F)cc2Cl)c2sc(N3CCOCC3)nc2N1. The Balaban J connectivity index is 1.73. The molecule has 0 radical (unpaired) electrons. The number of carbonyl (C=O) groups is 1. The Morgan fingerprint density at radius 3 is 2.92 bits per heavy atom. The largest absolute Gasteiger partial charge is 0.378 e. The van der Waals surface area contributed by atoms with Crippen LogP contribution < -0.4 is 10.2 Å². The lowest BCUT2D eigenvalue weighted by atomic mass is 9.91. The molecule has 0 bridgehead atoms. The highest BCUT2D eigenvalue weighted by Crippen LogP contribution is 2.45. The highest BCUT2D eigenvalue weighted by Gasteiger charge is 2.32. The molecule has 3 heterocycles. The normalized spacial score (nSPS) is 20.7. The molecule has 5 nitrogen and oxygen atoms in total. The van der Waals surface area contributed by atoms with Crippen molar-refractivity contribution in [3.8, 4) is 0 Å². The minimum absolute atomic E-state index is 0.105. The quantitative estimate of drug-likeness (QED) is 0.885. The number of carbonyl (C=O) groups excluding carboxylic acids is 1. The molecule has 2 aromatic rings. The van der Waals surface area contributed by atoms with Gasteiger partial charge in [0.05, 0.1) is 18.1 Å². The highest BCUT2D eigenvalue weighted by molar-refractivity contribution is 7.16. The first-order valence-corrected chi connectivity index (χ1v) is 8.89. The highest BCUT2D eigenvalue weighted by atomic mass is 35.5. The maximum Gasteiger partial charge on any atom is 0.226 e. The summed E-state index contributed by atoms with van der Waals surface area (Å²) in [6, 6.07) is 4.31. The Morgan fingerprint density at radius 2 is 2.17 bits per heavy atom. The lowest BCUT2D eigenvalue weighted by Gasteiger charge is -2.26. The minimum atomic E-state index is -0.387. The maximum absolute atomic E-state index is 13.3. The van der Waals surface area contributed by atoms with Gasteiger partial charge in [0, 0.05) is 30.5 Å². The number of benzene rings is 1. The van der Waals surface area contributed by atoms with Crippen molar-refractivity contribution in [2.75, 3.05) is 36.5 Å². The number of anilines is 2. The van der Waals surface area contributed by atoms with Crippen LogP contribution in [0.1, 0.15) is 22.8 Å². The van der Waals surface area contributed by atoms with E-state index < -0.39 is 0 Å². The average Bonchev–Trinajstić information content (AvgIpc) is 2.99. The van der Waals surface area contributed by atoms with E-state index in [1.165, 1.54) is 12.1 Å². The van der Waals surface area contributed by atoms with Crippen LogP contribution in [-0.4, -0.2) is 37.2 Å². The smallest absolute Gasteiger partial charge is 0.226 e. The standard InChI is InChI=1S/C16H15ClFN3O2S/c17-12-7-9(18)1-2-10(12)11-8-13(22)19-15-14(11)24-16(20-15)21-3-5-23-6-4-21/h1-2,7,11H,3-6,8H2,(H,19,22). The fourth-order valence-corrected chi connectivity index (χ4v) is 4.52. The first kappa shape index (κ1) is 15.8. The molecule has 1 atom stereocenters. The van der Waals surface area contributed by atoms with Crippen molar-refractivity contribution >= 4 is 39.8 Å². The zero-order valence-corrected chi connectivity index (χ0v) is 14.3. The molecule has 2 aliphatic rings. The summed E-state index contributed by atoms with van der Waals surface area (Å²) in [6.45, 7) is 2.90. The first-order chi connectivity index (χ1) is 11.6. The monoisotopic (exact) mass is 367 g/mol. The second kappa shape index (κ2) is 6.31. The number of nitrogens with one attached hydrogen (secondary N) is 1. The van der Waals surface area contributed by atoms with Crippen LogP contribution in [0.3, 0.4) is 0 Å². The van der Waals surface area contributed by atoms with Crippen molar-refractivity contribution in [2.45, 2.75) is 12.3 Å². The molecule has 1 saturated heterocycles. The number of ether oxygens (including phenoxy) is 1. The summed E-state index contributed by atoms with van der Waals surface area (Å²) < 4.78 is 18.7. The van der Waals surface area contributed by atoms with Crippen molar-refractivity contribution < 1.29 is 13.9 Å². The van der Waals surface area contributed by atoms with Gasteiger partial charge in [-0.05, 0) is 17.7 Å². The summed E-state index contributed by atoms with van der Waals surface area (Å²) in [5, 5.41) is 4.04. The Hall–Kier alpha value is -1.70. The topological polar surface area (TPSA) is 54.5 Å². The second-order valence-corrected chi connectivity index (χ2v) is 7.20. The number of aromatic nitrogens is 1. The molecule has 0 spiro atoms. The molecular weight excluding hydrogens is 353 g/mol. The van der Waals surface area contributed by atoms with Crippen LogP contribution in [0.5, 0.6) is 0 Å². The van der Waals surface area contributed by atoms with Crippen molar-refractivity contribution in [1.29, 1.82) is 0 Å². The molecule has 8 heteroatoms. The van der Waals surface area contributed by atoms with Gasteiger partial charge in [-0.3, -0.25) is 4.79 Å². The van der Waals surface area contributed by atoms with Gasteiger partial charge in [-0.15, -0.1) is 0 Å². The molecule has 126 valence electrons. The molecule has 24 heavy (non-hydrogen) atoms. The fraction of sp³-hybridized carbons (Fsp3) is 0.375. The van der Waals surface area contributed by atoms with Gasteiger partial charge < -0.3 is 15.0 Å². The molecule has 0 saturated carbocycles. The Bertz CT molecular complexity index is 792. The molecule has 1 N–H and O–H groups in total. The lowest BCUT2D eigenvalue weighted by molar-refractivity contribution is -0.116.